The smallest absolute Gasteiger partial charge is 0.366 e. The van der Waals surface area contributed by atoms with E-state index in [9.17, 15) is 15.0 Å². The van der Waals surface area contributed by atoms with Crippen molar-refractivity contribution in [2.45, 2.75) is 58.0 Å². The van der Waals surface area contributed by atoms with Crippen LogP contribution in [0.15, 0.2) is 30.3 Å². The highest BCUT2D eigenvalue weighted by molar-refractivity contribution is 5.77. The zero-order valence-corrected chi connectivity index (χ0v) is 13.5. The second-order valence-electron chi connectivity index (χ2n) is 6.31. The molecule has 0 aliphatic carbocycles. The fourth-order valence-corrected chi connectivity index (χ4v) is 1.80. The number of benzene rings is 1. The third-order valence-electron chi connectivity index (χ3n) is 2.90. The van der Waals surface area contributed by atoms with E-state index in [1.54, 1.807) is 20.8 Å². The molecule has 0 fully saturated rings. The maximum Gasteiger partial charge on any atom is 0.366 e. The van der Waals surface area contributed by atoms with Crippen LogP contribution in [0.1, 0.15) is 45.6 Å². The molecular formula is C17H26O5. The zero-order valence-electron chi connectivity index (χ0n) is 13.5. The summed E-state index contributed by atoms with van der Waals surface area (Å²) in [6.07, 6.45) is 1.02. The molecule has 0 spiro atoms. The monoisotopic (exact) mass is 310 g/mol. The Morgan fingerprint density at radius 1 is 1.09 bits per heavy atom. The van der Waals surface area contributed by atoms with E-state index in [1.807, 2.05) is 30.3 Å². The molecule has 0 aliphatic heterocycles. The summed E-state index contributed by atoms with van der Waals surface area (Å²) in [7, 11) is 0. The van der Waals surface area contributed by atoms with Gasteiger partial charge < -0.3 is 19.7 Å². The highest BCUT2D eigenvalue weighted by Gasteiger charge is 2.36. The van der Waals surface area contributed by atoms with Gasteiger partial charge in [-0.2, -0.15) is 0 Å². The van der Waals surface area contributed by atoms with E-state index >= 15 is 0 Å². The Hall–Kier alpha value is -1.43. The summed E-state index contributed by atoms with van der Waals surface area (Å²) in [4.78, 5) is 11.6. The maximum absolute atomic E-state index is 11.6. The highest BCUT2D eigenvalue weighted by Crippen LogP contribution is 2.17. The van der Waals surface area contributed by atoms with E-state index in [2.05, 4.69) is 0 Å². The molecule has 22 heavy (non-hydrogen) atoms. The van der Waals surface area contributed by atoms with Crippen molar-refractivity contribution in [3.63, 3.8) is 0 Å². The van der Waals surface area contributed by atoms with E-state index in [1.165, 1.54) is 0 Å². The van der Waals surface area contributed by atoms with Gasteiger partial charge in [-0.1, -0.05) is 30.3 Å². The number of carbonyl (C=O) groups excluding carboxylic acids is 1. The second kappa shape index (κ2) is 8.27. The van der Waals surface area contributed by atoms with E-state index in [0.29, 0.717) is 26.1 Å². The fraction of sp³-hybridized carbons (Fsp3) is 0.588. The van der Waals surface area contributed by atoms with E-state index in [-0.39, 0.29) is 6.42 Å². The van der Waals surface area contributed by atoms with Crippen LogP contribution < -0.4 is 0 Å². The van der Waals surface area contributed by atoms with Gasteiger partial charge in [-0.3, -0.25) is 0 Å². The number of ether oxygens (including phenoxy) is 2. The van der Waals surface area contributed by atoms with Crippen molar-refractivity contribution in [1.29, 1.82) is 0 Å². The summed E-state index contributed by atoms with van der Waals surface area (Å²) in [5, 5.41) is 19.4. The highest BCUT2D eigenvalue weighted by atomic mass is 16.6. The molecule has 0 saturated carbocycles. The molecule has 1 rings (SSSR count). The predicted molar refractivity (Wildman–Crippen MR) is 83.0 cm³/mol. The van der Waals surface area contributed by atoms with Crippen molar-refractivity contribution < 1.29 is 24.5 Å². The minimum atomic E-state index is -2.44. The number of esters is 1. The lowest BCUT2D eigenvalue weighted by atomic mass is 10.1. The molecular weight excluding hydrogens is 284 g/mol. The van der Waals surface area contributed by atoms with Gasteiger partial charge in [0.15, 0.2) is 0 Å². The summed E-state index contributed by atoms with van der Waals surface area (Å²) in [6.45, 7) is 6.06. The molecule has 0 radical (unpaired) electrons. The summed E-state index contributed by atoms with van der Waals surface area (Å²) >= 11 is 0. The Morgan fingerprint density at radius 3 is 2.32 bits per heavy atom. The van der Waals surface area contributed by atoms with Crippen molar-refractivity contribution >= 4 is 5.97 Å². The van der Waals surface area contributed by atoms with Crippen LogP contribution in [0.5, 0.6) is 0 Å². The quantitative estimate of drug-likeness (QED) is 0.438. The minimum Gasteiger partial charge on any atom is -0.456 e. The molecule has 0 heterocycles. The lowest BCUT2D eigenvalue weighted by Crippen LogP contribution is -2.43. The summed E-state index contributed by atoms with van der Waals surface area (Å²) in [6, 6.07) is 9.81. The number of carbonyl (C=O) groups is 1. The normalized spacial score (nSPS) is 12.2. The van der Waals surface area contributed by atoms with E-state index in [4.69, 9.17) is 9.47 Å². The number of rotatable bonds is 8. The van der Waals surface area contributed by atoms with Gasteiger partial charge in [-0.25, -0.2) is 4.79 Å². The lowest BCUT2D eigenvalue weighted by molar-refractivity contribution is -0.221. The van der Waals surface area contributed by atoms with Crippen molar-refractivity contribution in [2.24, 2.45) is 0 Å². The molecule has 0 amide bonds. The molecule has 5 heteroatoms. The van der Waals surface area contributed by atoms with Gasteiger partial charge in [0.1, 0.15) is 5.60 Å². The molecule has 0 aromatic heterocycles. The van der Waals surface area contributed by atoms with Gasteiger partial charge in [-0.15, -0.1) is 0 Å². The van der Waals surface area contributed by atoms with Gasteiger partial charge in [0.05, 0.1) is 6.61 Å². The first-order chi connectivity index (χ1) is 10.2. The number of unbranched alkanes of at least 4 members (excludes halogenated alkanes) is 1. The lowest BCUT2D eigenvalue weighted by Gasteiger charge is -2.26. The van der Waals surface area contributed by atoms with Crippen LogP contribution in [0.4, 0.5) is 0 Å². The molecule has 2 N–H and O–H groups in total. The van der Waals surface area contributed by atoms with Crippen molar-refractivity contribution in [3.8, 4) is 0 Å². The van der Waals surface area contributed by atoms with Crippen LogP contribution in [-0.4, -0.2) is 34.2 Å². The largest absolute Gasteiger partial charge is 0.456 e. The van der Waals surface area contributed by atoms with Crippen molar-refractivity contribution in [1.82, 2.24) is 0 Å². The average Bonchev–Trinajstić information content (AvgIpc) is 2.42. The third-order valence-corrected chi connectivity index (χ3v) is 2.90. The third kappa shape index (κ3) is 7.54. The SMILES string of the molecule is CC(C)(C)OC(=O)C(O)(O)CCCCOCc1ccccc1. The number of hydrogen-bond donors (Lipinski definition) is 2. The van der Waals surface area contributed by atoms with Crippen LogP contribution in [0.2, 0.25) is 0 Å². The van der Waals surface area contributed by atoms with Gasteiger partial charge in [0.25, 0.3) is 5.79 Å². The second-order valence-corrected chi connectivity index (χ2v) is 6.31. The fourth-order valence-electron chi connectivity index (χ4n) is 1.80. The molecule has 1 aromatic rings. The Balaban J connectivity index is 2.19. The Labute approximate surface area is 131 Å². The molecule has 1 aromatic carbocycles. The number of aliphatic hydroxyl groups is 2. The summed E-state index contributed by atoms with van der Waals surface area (Å²) < 4.78 is 10.5. The first-order valence-corrected chi connectivity index (χ1v) is 7.50. The van der Waals surface area contributed by atoms with Crippen LogP contribution in [0.3, 0.4) is 0 Å². The zero-order chi connectivity index (χ0) is 16.6. The Kier molecular flexibility index (Phi) is 7.00. The van der Waals surface area contributed by atoms with Gasteiger partial charge in [-0.05, 0) is 39.2 Å². The summed E-state index contributed by atoms with van der Waals surface area (Å²) in [5.74, 6) is -3.45. The van der Waals surface area contributed by atoms with Gasteiger partial charge in [0, 0.05) is 13.0 Å². The molecule has 5 nitrogen and oxygen atoms in total. The molecule has 0 aliphatic rings. The van der Waals surface area contributed by atoms with Crippen molar-refractivity contribution in [3.05, 3.63) is 35.9 Å². The van der Waals surface area contributed by atoms with Crippen LogP contribution in [0, 0.1) is 0 Å². The first-order valence-electron chi connectivity index (χ1n) is 7.50. The van der Waals surface area contributed by atoms with Crippen LogP contribution in [0.25, 0.3) is 0 Å². The molecule has 0 saturated heterocycles. The standard InChI is InChI=1S/C17H26O5/c1-16(2,3)22-15(18)17(19,20)11-7-8-12-21-13-14-9-5-4-6-10-14/h4-6,9-10,19-20H,7-8,11-13H2,1-3H3. The van der Waals surface area contributed by atoms with Crippen LogP contribution >= 0.6 is 0 Å². The first kappa shape index (κ1) is 18.6. The van der Waals surface area contributed by atoms with Crippen molar-refractivity contribution in [2.75, 3.05) is 6.61 Å². The molecule has 0 atom stereocenters. The minimum absolute atomic E-state index is 0.0728. The van der Waals surface area contributed by atoms with Gasteiger partial charge in [0.2, 0.25) is 0 Å². The van der Waals surface area contributed by atoms with Crippen LogP contribution in [-0.2, 0) is 20.9 Å². The maximum atomic E-state index is 11.6. The topological polar surface area (TPSA) is 76.0 Å². The average molecular weight is 310 g/mol. The number of hydrogen-bond acceptors (Lipinski definition) is 5. The molecule has 0 unspecified atom stereocenters. The molecule has 124 valence electrons. The predicted octanol–water partition coefficient (Wildman–Crippen LogP) is 2.40. The Morgan fingerprint density at radius 2 is 1.73 bits per heavy atom. The van der Waals surface area contributed by atoms with E-state index in [0.717, 1.165) is 5.56 Å². The summed E-state index contributed by atoms with van der Waals surface area (Å²) in [5.41, 5.74) is 0.349. The van der Waals surface area contributed by atoms with E-state index < -0.39 is 17.4 Å². The van der Waals surface area contributed by atoms with Gasteiger partial charge >= 0.3 is 5.97 Å². The molecule has 0 bridgehead atoms. The Bertz CT molecular complexity index is 448.